The van der Waals surface area contributed by atoms with Crippen LogP contribution in [0.15, 0.2) is 23.7 Å². The average molecular weight is 165 g/mol. The number of hydrogen-bond acceptors (Lipinski definition) is 2. The lowest BCUT2D eigenvalue weighted by Crippen LogP contribution is -1.73. The second kappa shape index (κ2) is 2.29. The Bertz CT molecular complexity index is 394. The van der Waals surface area contributed by atoms with Crippen LogP contribution in [0, 0.1) is 6.92 Å². The van der Waals surface area contributed by atoms with Gasteiger partial charge in [-0.2, -0.15) is 4.98 Å². The van der Waals surface area contributed by atoms with Crippen molar-refractivity contribution in [1.29, 1.82) is 0 Å². The highest BCUT2D eigenvalue weighted by atomic mass is 32.2. The minimum atomic E-state index is -1.000. The Morgan fingerprint density at radius 3 is 3.00 bits per heavy atom. The van der Waals surface area contributed by atoms with E-state index in [0.717, 1.165) is 15.8 Å². The van der Waals surface area contributed by atoms with Crippen LogP contribution in [0.2, 0.25) is 0 Å². The fourth-order valence-corrected chi connectivity index (χ4v) is 2.05. The molecule has 0 fully saturated rings. The molecule has 2 nitrogen and oxygen atoms in total. The van der Waals surface area contributed by atoms with E-state index in [1.807, 2.05) is 25.1 Å². The fraction of sp³-hybridized carbons (Fsp3) is 0.125. The smallest absolute Gasteiger partial charge is 0.229 e. The molecule has 0 aliphatic heterocycles. The molecule has 56 valence electrons. The first kappa shape index (κ1) is 6.76. The van der Waals surface area contributed by atoms with Gasteiger partial charge in [0.15, 0.2) is 4.70 Å². The van der Waals surface area contributed by atoms with Gasteiger partial charge >= 0.3 is 0 Å². The van der Waals surface area contributed by atoms with Crippen molar-refractivity contribution < 1.29 is 4.55 Å². The molecule has 1 atom stereocenters. The Balaban J connectivity index is 2.94. The molecule has 2 rings (SSSR count). The minimum absolute atomic E-state index is 0.838. The van der Waals surface area contributed by atoms with Crippen molar-refractivity contribution in [2.24, 2.45) is 0 Å². The highest BCUT2D eigenvalue weighted by Gasteiger charge is 2.06. The number of hydrogen-bond donors (Lipinski definition) is 0. The molecule has 0 aliphatic carbocycles. The molecule has 0 saturated carbocycles. The average Bonchev–Trinajstić information content (AvgIpc) is 2.35. The van der Waals surface area contributed by atoms with Gasteiger partial charge in [-0.15, -0.1) is 0 Å². The molecule has 0 radical (unpaired) electrons. The van der Waals surface area contributed by atoms with Crippen LogP contribution in [-0.4, -0.2) is 9.54 Å². The summed E-state index contributed by atoms with van der Waals surface area (Å²) in [6.07, 6.45) is 0. The predicted octanol–water partition coefficient (Wildman–Crippen LogP) is 2.27. The number of thiazole rings is 1. The van der Waals surface area contributed by atoms with E-state index in [1.54, 1.807) is 0 Å². The number of rotatable bonds is 0. The van der Waals surface area contributed by atoms with Crippen LogP contribution in [0.3, 0.4) is 0 Å². The Morgan fingerprint density at radius 1 is 1.45 bits per heavy atom. The van der Waals surface area contributed by atoms with Crippen LogP contribution in [0.5, 0.6) is 0 Å². The van der Waals surface area contributed by atoms with Crippen LogP contribution in [0.4, 0.5) is 0 Å². The second-order valence-corrected chi connectivity index (χ2v) is 3.70. The van der Waals surface area contributed by atoms with Gasteiger partial charge in [0, 0.05) is 6.07 Å². The van der Waals surface area contributed by atoms with Crippen molar-refractivity contribution in [3.8, 4) is 0 Å². The van der Waals surface area contributed by atoms with E-state index in [1.165, 1.54) is 5.51 Å². The molecule has 0 aliphatic rings. The molecule has 2 aromatic rings. The van der Waals surface area contributed by atoms with Gasteiger partial charge in [0.2, 0.25) is 5.51 Å². The highest BCUT2D eigenvalue weighted by Crippen LogP contribution is 2.26. The summed E-state index contributed by atoms with van der Waals surface area (Å²) in [4.78, 5) is 4.05. The summed E-state index contributed by atoms with van der Waals surface area (Å²) in [7, 11) is -1.000. The van der Waals surface area contributed by atoms with Gasteiger partial charge < -0.3 is 4.55 Å². The maximum absolute atomic E-state index is 11.2. The van der Waals surface area contributed by atoms with Crippen LogP contribution >= 0.6 is 10.8 Å². The van der Waals surface area contributed by atoms with Crippen molar-refractivity contribution in [1.82, 2.24) is 4.98 Å². The number of para-hydroxylation sites is 1. The summed E-state index contributed by atoms with van der Waals surface area (Å²) in [5.41, 5.74) is 3.45. The molecule has 1 aromatic carbocycles. The molecule has 0 spiro atoms. The Labute approximate surface area is 67.3 Å². The highest BCUT2D eigenvalue weighted by molar-refractivity contribution is 7.29. The van der Waals surface area contributed by atoms with Gasteiger partial charge in [0.1, 0.15) is 5.52 Å². The summed E-state index contributed by atoms with van der Waals surface area (Å²) in [5, 5.41) is 0. The molecule has 0 saturated heterocycles. The largest absolute Gasteiger partial charge is 0.589 e. The first-order valence-corrected chi connectivity index (χ1v) is 4.55. The molecule has 3 heteroatoms. The number of aryl methyl sites for hydroxylation is 1. The first-order chi connectivity index (χ1) is 5.29. The van der Waals surface area contributed by atoms with Crippen molar-refractivity contribution in [3.63, 3.8) is 0 Å². The third-order valence-corrected chi connectivity index (χ3v) is 2.75. The Morgan fingerprint density at radius 2 is 2.27 bits per heavy atom. The third-order valence-electron chi connectivity index (χ3n) is 1.70. The van der Waals surface area contributed by atoms with E-state index < -0.39 is 10.8 Å². The monoisotopic (exact) mass is 165 g/mol. The summed E-state index contributed by atoms with van der Waals surface area (Å²) in [6, 6.07) is 5.73. The number of fused-ring (bicyclic) bond motifs is 1. The van der Waals surface area contributed by atoms with Crippen LogP contribution in [-0.2, 0) is 0 Å². The normalized spacial score (nSPS) is 12.4. The second-order valence-electron chi connectivity index (χ2n) is 2.45. The molecule has 1 unspecified atom stereocenters. The SMILES string of the molecule is Cc1cccc2c1nc[s+]2[O-]. The molecule has 1 heterocycles. The molecule has 0 amide bonds. The summed E-state index contributed by atoms with van der Waals surface area (Å²) in [5.74, 6) is 0. The molecule has 0 N–H and O–H groups in total. The Kier molecular flexibility index (Phi) is 1.41. The lowest BCUT2D eigenvalue weighted by atomic mass is 10.2. The molecular weight excluding hydrogens is 158 g/mol. The summed E-state index contributed by atoms with van der Waals surface area (Å²) < 4.78 is 12.0. The first-order valence-electron chi connectivity index (χ1n) is 3.33. The topological polar surface area (TPSA) is 36.0 Å². The zero-order valence-electron chi connectivity index (χ0n) is 6.07. The predicted molar refractivity (Wildman–Crippen MR) is 45.1 cm³/mol. The van der Waals surface area contributed by atoms with Gasteiger partial charge in [-0.3, -0.25) is 0 Å². The van der Waals surface area contributed by atoms with E-state index in [4.69, 9.17) is 0 Å². The van der Waals surface area contributed by atoms with E-state index in [9.17, 15) is 4.55 Å². The molecular formula is C8H7NOS. The zero-order chi connectivity index (χ0) is 7.84. The number of nitrogens with zero attached hydrogens (tertiary/aromatic N) is 1. The zero-order valence-corrected chi connectivity index (χ0v) is 6.89. The molecule has 1 aromatic heterocycles. The third kappa shape index (κ3) is 0.931. The lowest BCUT2D eigenvalue weighted by Gasteiger charge is -1.90. The number of benzene rings is 1. The quantitative estimate of drug-likeness (QED) is 0.561. The maximum Gasteiger partial charge on any atom is 0.229 e. The van der Waals surface area contributed by atoms with Crippen LogP contribution in [0.1, 0.15) is 5.56 Å². The van der Waals surface area contributed by atoms with Crippen molar-refractivity contribution in [3.05, 3.63) is 29.3 Å². The summed E-state index contributed by atoms with van der Waals surface area (Å²) in [6.45, 7) is 1.97. The van der Waals surface area contributed by atoms with E-state index in [-0.39, 0.29) is 0 Å². The maximum atomic E-state index is 11.2. The molecule has 0 bridgehead atoms. The summed E-state index contributed by atoms with van der Waals surface area (Å²) >= 11 is 0. The lowest BCUT2D eigenvalue weighted by molar-refractivity contribution is 0.599. The van der Waals surface area contributed by atoms with Crippen LogP contribution in [0.25, 0.3) is 10.2 Å². The van der Waals surface area contributed by atoms with Crippen LogP contribution < -0.4 is 0 Å². The van der Waals surface area contributed by atoms with Gasteiger partial charge in [-0.05, 0) is 23.2 Å². The van der Waals surface area contributed by atoms with Gasteiger partial charge in [0.25, 0.3) is 0 Å². The minimum Gasteiger partial charge on any atom is -0.589 e. The van der Waals surface area contributed by atoms with E-state index >= 15 is 0 Å². The fourth-order valence-electron chi connectivity index (χ4n) is 1.12. The van der Waals surface area contributed by atoms with Crippen molar-refractivity contribution >= 4 is 21.0 Å². The van der Waals surface area contributed by atoms with Crippen molar-refractivity contribution in [2.75, 3.05) is 0 Å². The van der Waals surface area contributed by atoms with Gasteiger partial charge in [-0.25, -0.2) is 0 Å². The number of aromatic nitrogens is 1. The van der Waals surface area contributed by atoms with Gasteiger partial charge in [-0.1, -0.05) is 12.1 Å². The van der Waals surface area contributed by atoms with Crippen molar-refractivity contribution in [2.45, 2.75) is 6.92 Å². The van der Waals surface area contributed by atoms with E-state index in [2.05, 4.69) is 4.98 Å². The molecule has 11 heavy (non-hydrogen) atoms. The van der Waals surface area contributed by atoms with E-state index in [0.29, 0.717) is 0 Å². The Hall–Kier alpha value is -0.930. The standard InChI is InChI=1S/C8H7NOS/c1-6-3-2-4-7-8(6)9-5-11(7)10/h2-5H,1H3. The van der Waals surface area contributed by atoms with Gasteiger partial charge in [0.05, 0.1) is 0 Å².